The zero-order valence-electron chi connectivity index (χ0n) is 10.0. The maximum absolute atomic E-state index is 10.7. The lowest BCUT2D eigenvalue weighted by atomic mass is 10.00. The standard InChI is InChI=1S/C13H13NO4/c1-7(2)8-3-4-9(11(15)5-8)12-6-10(13(16)17)14-18-12/h3-7,15H,1-2H3,(H,16,17). The quantitative estimate of drug-likeness (QED) is 0.871. The van der Waals surface area contributed by atoms with Crippen LogP contribution in [0.15, 0.2) is 28.8 Å². The molecule has 2 rings (SSSR count). The smallest absolute Gasteiger partial charge is 0.358 e. The Labute approximate surface area is 104 Å². The molecule has 1 aromatic carbocycles. The summed E-state index contributed by atoms with van der Waals surface area (Å²) in [5.41, 5.74) is 1.24. The molecule has 0 fully saturated rings. The second-order valence-electron chi connectivity index (χ2n) is 4.31. The first-order chi connectivity index (χ1) is 8.49. The predicted molar refractivity (Wildman–Crippen MR) is 64.7 cm³/mol. The van der Waals surface area contributed by atoms with Gasteiger partial charge in [-0.05, 0) is 23.6 Å². The van der Waals surface area contributed by atoms with Gasteiger partial charge in [-0.2, -0.15) is 0 Å². The second-order valence-corrected chi connectivity index (χ2v) is 4.31. The summed E-state index contributed by atoms with van der Waals surface area (Å²) >= 11 is 0. The molecule has 0 bridgehead atoms. The highest BCUT2D eigenvalue weighted by Crippen LogP contribution is 2.32. The van der Waals surface area contributed by atoms with E-state index < -0.39 is 5.97 Å². The summed E-state index contributed by atoms with van der Waals surface area (Å²) in [7, 11) is 0. The zero-order valence-corrected chi connectivity index (χ0v) is 10.0. The average Bonchev–Trinajstić information content (AvgIpc) is 2.78. The van der Waals surface area contributed by atoms with Crippen LogP contribution < -0.4 is 0 Å². The van der Waals surface area contributed by atoms with Gasteiger partial charge in [-0.3, -0.25) is 0 Å². The van der Waals surface area contributed by atoms with Crippen molar-refractivity contribution in [2.45, 2.75) is 19.8 Å². The molecule has 0 unspecified atom stereocenters. The first-order valence-electron chi connectivity index (χ1n) is 5.52. The van der Waals surface area contributed by atoms with Crippen LogP contribution in [0.2, 0.25) is 0 Å². The van der Waals surface area contributed by atoms with Gasteiger partial charge >= 0.3 is 5.97 Å². The van der Waals surface area contributed by atoms with Crippen molar-refractivity contribution in [2.75, 3.05) is 0 Å². The molecule has 1 aromatic heterocycles. The molecule has 0 aliphatic carbocycles. The molecule has 0 saturated heterocycles. The van der Waals surface area contributed by atoms with E-state index in [2.05, 4.69) is 5.16 Å². The van der Waals surface area contributed by atoms with E-state index in [4.69, 9.17) is 9.63 Å². The number of carboxylic acids is 1. The monoisotopic (exact) mass is 247 g/mol. The van der Waals surface area contributed by atoms with Gasteiger partial charge in [0.15, 0.2) is 11.5 Å². The van der Waals surface area contributed by atoms with Gasteiger partial charge in [0.2, 0.25) is 0 Å². The van der Waals surface area contributed by atoms with Crippen molar-refractivity contribution in [2.24, 2.45) is 0 Å². The van der Waals surface area contributed by atoms with E-state index in [1.807, 2.05) is 19.9 Å². The first kappa shape index (κ1) is 12.2. The van der Waals surface area contributed by atoms with Crippen molar-refractivity contribution in [3.63, 3.8) is 0 Å². The molecule has 2 aromatic rings. The maximum Gasteiger partial charge on any atom is 0.358 e. The molecule has 18 heavy (non-hydrogen) atoms. The minimum atomic E-state index is -1.16. The predicted octanol–water partition coefficient (Wildman–Crippen LogP) is 2.87. The Morgan fingerprint density at radius 2 is 2.06 bits per heavy atom. The molecule has 0 radical (unpaired) electrons. The molecule has 0 atom stereocenters. The number of phenols is 1. The van der Waals surface area contributed by atoms with Crippen molar-refractivity contribution in [3.05, 3.63) is 35.5 Å². The highest BCUT2D eigenvalue weighted by molar-refractivity contribution is 5.86. The van der Waals surface area contributed by atoms with Gasteiger partial charge in [-0.25, -0.2) is 4.79 Å². The molecule has 0 saturated carbocycles. The Hall–Kier alpha value is -2.30. The van der Waals surface area contributed by atoms with E-state index in [9.17, 15) is 9.90 Å². The molecule has 0 amide bonds. The van der Waals surface area contributed by atoms with Crippen LogP contribution in [0.1, 0.15) is 35.8 Å². The third kappa shape index (κ3) is 2.20. The number of aromatic carboxylic acids is 1. The molecule has 5 nitrogen and oxygen atoms in total. The molecule has 0 aliphatic rings. The van der Waals surface area contributed by atoms with Crippen LogP contribution in [0.5, 0.6) is 5.75 Å². The molecular formula is C13H13NO4. The van der Waals surface area contributed by atoms with E-state index in [1.165, 1.54) is 6.07 Å². The summed E-state index contributed by atoms with van der Waals surface area (Å²) in [6, 6.07) is 6.48. The molecule has 94 valence electrons. The van der Waals surface area contributed by atoms with Crippen molar-refractivity contribution >= 4 is 5.97 Å². The number of aromatic hydroxyl groups is 1. The fraction of sp³-hybridized carbons (Fsp3) is 0.231. The van der Waals surface area contributed by atoms with Gasteiger partial charge in [-0.15, -0.1) is 0 Å². The number of hydrogen-bond donors (Lipinski definition) is 2. The van der Waals surface area contributed by atoms with E-state index >= 15 is 0 Å². The number of carbonyl (C=O) groups is 1. The van der Waals surface area contributed by atoms with Crippen LogP contribution in [0.4, 0.5) is 0 Å². The summed E-state index contributed by atoms with van der Waals surface area (Å²) in [5, 5.41) is 22.1. The highest BCUT2D eigenvalue weighted by Gasteiger charge is 2.15. The number of benzene rings is 1. The Kier molecular flexibility index (Phi) is 3.06. The van der Waals surface area contributed by atoms with Crippen LogP contribution in [0, 0.1) is 0 Å². The van der Waals surface area contributed by atoms with E-state index in [0.717, 1.165) is 5.56 Å². The van der Waals surface area contributed by atoms with Crippen LogP contribution >= 0.6 is 0 Å². The average molecular weight is 247 g/mol. The van der Waals surface area contributed by atoms with Gasteiger partial charge in [-0.1, -0.05) is 25.1 Å². The number of nitrogens with zero attached hydrogens (tertiary/aromatic N) is 1. The zero-order chi connectivity index (χ0) is 13.3. The topological polar surface area (TPSA) is 83.6 Å². The lowest BCUT2D eigenvalue weighted by molar-refractivity contribution is 0.0686. The Balaban J connectivity index is 2.41. The number of hydrogen-bond acceptors (Lipinski definition) is 4. The SMILES string of the molecule is CC(C)c1ccc(-c2cc(C(=O)O)no2)c(O)c1. The van der Waals surface area contributed by atoms with Crippen LogP contribution in [0.3, 0.4) is 0 Å². The van der Waals surface area contributed by atoms with Crippen LogP contribution in [0.25, 0.3) is 11.3 Å². The van der Waals surface area contributed by atoms with Crippen molar-refractivity contribution < 1.29 is 19.5 Å². The molecule has 1 heterocycles. The normalized spacial score (nSPS) is 10.8. The molecule has 2 N–H and O–H groups in total. The minimum Gasteiger partial charge on any atom is -0.507 e. The number of rotatable bonds is 3. The van der Waals surface area contributed by atoms with Gasteiger partial charge in [0.05, 0.1) is 5.56 Å². The minimum absolute atomic E-state index is 0.0503. The van der Waals surface area contributed by atoms with Crippen molar-refractivity contribution in [1.29, 1.82) is 0 Å². The van der Waals surface area contributed by atoms with E-state index in [-0.39, 0.29) is 17.2 Å². The summed E-state index contributed by atoms with van der Waals surface area (Å²) in [6.07, 6.45) is 0. The Morgan fingerprint density at radius 1 is 1.33 bits per heavy atom. The van der Waals surface area contributed by atoms with Crippen LogP contribution in [-0.4, -0.2) is 21.3 Å². The number of phenolic OH excluding ortho intramolecular Hbond substituents is 1. The van der Waals surface area contributed by atoms with Crippen LogP contribution in [-0.2, 0) is 0 Å². The Bertz CT molecular complexity index is 586. The number of aromatic nitrogens is 1. The summed E-state index contributed by atoms with van der Waals surface area (Å²) < 4.78 is 4.90. The van der Waals surface area contributed by atoms with Crippen molar-refractivity contribution in [3.8, 4) is 17.1 Å². The fourth-order valence-corrected chi connectivity index (χ4v) is 1.62. The summed E-state index contributed by atoms with van der Waals surface area (Å²) in [6.45, 7) is 4.04. The van der Waals surface area contributed by atoms with Gasteiger partial charge in [0, 0.05) is 6.07 Å². The van der Waals surface area contributed by atoms with E-state index in [1.54, 1.807) is 12.1 Å². The number of carboxylic acid groups (broad SMARTS) is 1. The Morgan fingerprint density at radius 3 is 2.56 bits per heavy atom. The fourth-order valence-electron chi connectivity index (χ4n) is 1.62. The first-order valence-corrected chi connectivity index (χ1v) is 5.52. The molecular weight excluding hydrogens is 234 g/mol. The third-order valence-corrected chi connectivity index (χ3v) is 2.68. The molecule has 5 heteroatoms. The summed E-state index contributed by atoms with van der Waals surface area (Å²) in [4.78, 5) is 10.7. The summed E-state index contributed by atoms with van der Waals surface area (Å²) in [5.74, 6) is -0.577. The lowest BCUT2D eigenvalue weighted by Crippen LogP contribution is -1.94. The van der Waals surface area contributed by atoms with Gasteiger partial charge < -0.3 is 14.7 Å². The molecule has 0 spiro atoms. The van der Waals surface area contributed by atoms with E-state index in [0.29, 0.717) is 11.5 Å². The third-order valence-electron chi connectivity index (χ3n) is 2.68. The van der Waals surface area contributed by atoms with Gasteiger partial charge in [0.25, 0.3) is 0 Å². The lowest BCUT2D eigenvalue weighted by Gasteiger charge is -2.07. The van der Waals surface area contributed by atoms with Gasteiger partial charge in [0.1, 0.15) is 5.75 Å². The second kappa shape index (κ2) is 4.52. The maximum atomic E-state index is 10.7. The van der Waals surface area contributed by atoms with Crippen molar-refractivity contribution in [1.82, 2.24) is 5.16 Å². The largest absolute Gasteiger partial charge is 0.507 e. The highest BCUT2D eigenvalue weighted by atomic mass is 16.5. The molecule has 0 aliphatic heterocycles.